The average Bonchev–Trinajstić information content (AvgIpc) is 3.19. The van der Waals surface area contributed by atoms with Gasteiger partial charge in [-0.25, -0.2) is 0 Å². The van der Waals surface area contributed by atoms with Crippen LogP contribution in [-0.2, 0) is 0 Å². The van der Waals surface area contributed by atoms with Gasteiger partial charge in [0.1, 0.15) is 0 Å². The van der Waals surface area contributed by atoms with E-state index in [1.54, 1.807) is 0 Å². The summed E-state index contributed by atoms with van der Waals surface area (Å²) >= 11 is 1.86. The zero-order valence-corrected chi connectivity index (χ0v) is 14.1. The van der Waals surface area contributed by atoms with Crippen molar-refractivity contribution < 1.29 is 0 Å². The summed E-state index contributed by atoms with van der Waals surface area (Å²) in [5.41, 5.74) is 0. The first-order valence-electron chi connectivity index (χ1n) is 8.07. The molecule has 1 aromatic rings. The molecule has 0 bridgehead atoms. The molecule has 1 aromatic heterocycles. The van der Waals surface area contributed by atoms with Gasteiger partial charge in [0.2, 0.25) is 0 Å². The van der Waals surface area contributed by atoms with Gasteiger partial charge in [-0.1, -0.05) is 19.4 Å². The summed E-state index contributed by atoms with van der Waals surface area (Å²) in [4.78, 5) is 8.37. The van der Waals surface area contributed by atoms with Crippen molar-refractivity contribution in [1.29, 1.82) is 0 Å². The molecule has 21 heavy (non-hydrogen) atoms. The summed E-state index contributed by atoms with van der Waals surface area (Å²) in [5.74, 6) is 0.921. The zero-order valence-electron chi connectivity index (χ0n) is 13.3. The number of nitrogens with zero attached hydrogens (tertiary/aromatic N) is 2. The van der Waals surface area contributed by atoms with Crippen molar-refractivity contribution in [1.82, 2.24) is 15.5 Å². The zero-order chi connectivity index (χ0) is 14.9. The summed E-state index contributed by atoms with van der Waals surface area (Å²) in [5, 5.41) is 9.06. The summed E-state index contributed by atoms with van der Waals surface area (Å²) in [6.07, 6.45) is 5.04. The standard InChI is InChI=1S/C16H28N4S/c1-3-4-9-18-16(17-2)19-13-14(15-8-7-12-21-15)20-10-5-6-11-20/h7-8,12,14H,3-6,9-11,13H2,1-2H3,(H2,17,18,19). The minimum atomic E-state index is 0.470. The highest BCUT2D eigenvalue weighted by Gasteiger charge is 2.24. The number of rotatable bonds is 7. The van der Waals surface area contributed by atoms with E-state index in [0.717, 1.165) is 19.0 Å². The molecule has 0 saturated carbocycles. The Labute approximate surface area is 132 Å². The van der Waals surface area contributed by atoms with Gasteiger partial charge in [0, 0.05) is 25.0 Å². The summed E-state index contributed by atoms with van der Waals surface area (Å²) in [7, 11) is 1.84. The fourth-order valence-corrected chi connectivity index (χ4v) is 3.60. The predicted octanol–water partition coefficient (Wildman–Crippen LogP) is 2.85. The second-order valence-corrected chi connectivity index (χ2v) is 6.49. The number of unbranched alkanes of at least 4 members (excludes halogenated alkanes) is 1. The topological polar surface area (TPSA) is 39.7 Å². The molecule has 1 saturated heterocycles. The molecular weight excluding hydrogens is 280 g/mol. The Morgan fingerprint density at radius 3 is 2.81 bits per heavy atom. The third-order valence-corrected chi connectivity index (χ3v) is 4.94. The summed E-state index contributed by atoms with van der Waals surface area (Å²) < 4.78 is 0. The number of nitrogens with one attached hydrogen (secondary N) is 2. The Morgan fingerprint density at radius 1 is 1.38 bits per heavy atom. The van der Waals surface area contributed by atoms with Crippen molar-refractivity contribution >= 4 is 17.3 Å². The van der Waals surface area contributed by atoms with Crippen LogP contribution in [0.5, 0.6) is 0 Å². The van der Waals surface area contributed by atoms with Gasteiger partial charge in [-0.3, -0.25) is 9.89 Å². The number of likely N-dealkylation sites (tertiary alicyclic amines) is 1. The monoisotopic (exact) mass is 308 g/mol. The number of aliphatic imine (C=N–C) groups is 1. The van der Waals surface area contributed by atoms with E-state index in [2.05, 4.69) is 45.0 Å². The lowest BCUT2D eigenvalue weighted by Gasteiger charge is -2.27. The molecule has 1 aliphatic heterocycles. The van der Waals surface area contributed by atoms with Crippen LogP contribution in [0.1, 0.15) is 43.5 Å². The predicted molar refractivity (Wildman–Crippen MR) is 92.1 cm³/mol. The fourth-order valence-electron chi connectivity index (χ4n) is 2.74. The van der Waals surface area contributed by atoms with Gasteiger partial charge in [0.05, 0.1) is 6.04 Å². The second-order valence-electron chi connectivity index (χ2n) is 5.51. The van der Waals surface area contributed by atoms with E-state index in [9.17, 15) is 0 Å². The van der Waals surface area contributed by atoms with Crippen molar-refractivity contribution in [3.8, 4) is 0 Å². The average molecular weight is 308 g/mol. The second kappa shape index (κ2) is 9.05. The Morgan fingerprint density at radius 2 is 2.19 bits per heavy atom. The molecule has 5 heteroatoms. The highest BCUT2D eigenvalue weighted by molar-refractivity contribution is 7.10. The number of guanidine groups is 1. The van der Waals surface area contributed by atoms with Gasteiger partial charge in [-0.05, 0) is 43.8 Å². The van der Waals surface area contributed by atoms with Crippen molar-refractivity contribution in [3.05, 3.63) is 22.4 Å². The highest BCUT2D eigenvalue weighted by atomic mass is 32.1. The van der Waals surface area contributed by atoms with Gasteiger partial charge < -0.3 is 10.6 Å². The van der Waals surface area contributed by atoms with E-state index >= 15 is 0 Å². The lowest BCUT2D eigenvalue weighted by molar-refractivity contribution is 0.249. The van der Waals surface area contributed by atoms with E-state index < -0.39 is 0 Å². The van der Waals surface area contributed by atoms with E-state index in [0.29, 0.717) is 6.04 Å². The van der Waals surface area contributed by atoms with Gasteiger partial charge >= 0.3 is 0 Å². The van der Waals surface area contributed by atoms with Crippen LogP contribution in [0, 0.1) is 0 Å². The lowest BCUT2D eigenvalue weighted by Crippen LogP contribution is -2.42. The molecule has 0 spiro atoms. The van der Waals surface area contributed by atoms with Gasteiger partial charge in [-0.2, -0.15) is 0 Å². The van der Waals surface area contributed by atoms with Crippen LogP contribution < -0.4 is 10.6 Å². The number of hydrogen-bond acceptors (Lipinski definition) is 3. The first-order chi connectivity index (χ1) is 10.3. The maximum atomic E-state index is 4.32. The number of thiophene rings is 1. The molecule has 2 rings (SSSR count). The largest absolute Gasteiger partial charge is 0.356 e. The third kappa shape index (κ3) is 5.00. The van der Waals surface area contributed by atoms with Crippen molar-refractivity contribution in [2.75, 3.05) is 33.2 Å². The van der Waals surface area contributed by atoms with Gasteiger partial charge in [0.25, 0.3) is 0 Å². The Balaban J connectivity index is 1.89. The quantitative estimate of drug-likeness (QED) is 0.462. The lowest BCUT2D eigenvalue weighted by atomic mass is 10.2. The van der Waals surface area contributed by atoms with Crippen molar-refractivity contribution in [2.24, 2.45) is 4.99 Å². The molecule has 2 N–H and O–H groups in total. The molecule has 0 amide bonds. The van der Waals surface area contributed by atoms with Crippen LogP contribution in [-0.4, -0.2) is 44.1 Å². The summed E-state index contributed by atoms with van der Waals surface area (Å²) in [6, 6.07) is 4.87. The van der Waals surface area contributed by atoms with Crippen LogP contribution in [0.2, 0.25) is 0 Å². The molecule has 1 fully saturated rings. The van der Waals surface area contributed by atoms with Gasteiger partial charge in [-0.15, -0.1) is 11.3 Å². The summed E-state index contributed by atoms with van der Waals surface area (Å²) in [6.45, 7) is 6.55. The first kappa shape index (κ1) is 16.3. The molecule has 1 unspecified atom stereocenters. The Hall–Kier alpha value is -1.07. The van der Waals surface area contributed by atoms with Gasteiger partial charge in [0.15, 0.2) is 5.96 Å². The number of hydrogen-bond donors (Lipinski definition) is 2. The van der Waals surface area contributed by atoms with Crippen molar-refractivity contribution in [3.63, 3.8) is 0 Å². The van der Waals surface area contributed by atoms with Crippen LogP contribution in [0.4, 0.5) is 0 Å². The molecule has 0 radical (unpaired) electrons. The molecule has 1 atom stereocenters. The smallest absolute Gasteiger partial charge is 0.191 e. The van der Waals surface area contributed by atoms with Crippen LogP contribution in [0.15, 0.2) is 22.5 Å². The molecule has 4 nitrogen and oxygen atoms in total. The van der Waals surface area contributed by atoms with Crippen LogP contribution >= 0.6 is 11.3 Å². The molecule has 1 aliphatic rings. The van der Waals surface area contributed by atoms with E-state index in [1.807, 2.05) is 18.4 Å². The molecular formula is C16H28N4S. The maximum absolute atomic E-state index is 4.32. The fraction of sp³-hybridized carbons (Fsp3) is 0.688. The first-order valence-corrected chi connectivity index (χ1v) is 8.95. The van der Waals surface area contributed by atoms with Crippen LogP contribution in [0.3, 0.4) is 0 Å². The SMILES string of the molecule is CCCCNC(=NC)NCC(c1cccs1)N1CCCC1. The molecule has 118 valence electrons. The normalized spacial score (nSPS) is 17.9. The third-order valence-electron chi connectivity index (χ3n) is 3.96. The minimum absolute atomic E-state index is 0.470. The van der Waals surface area contributed by atoms with Crippen molar-refractivity contribution in [2.45, 2.75) is 38.6 Å². The maximum Gasteiger partial charge on any atom is 0.191 e. The van der Waals surface area contributed by atoms with Crippen LogP contribution in [0.25, 0.3) is 0 Å². The van der Waals surface area contributed by atoms with E-state index in [1.165, 1.54) is 43.6 Å². The molecule has 0 aromatic carbocycles. The van der Waals surface area contributed by atoms with E-state index in [4.69, 9.17) is 0 Å². The molecule has 2 heterocycles. The minimum Gasteiger partial charge on any atom is -0.356 e. The van der Waals surface area contributed by atoms with E-state index in [-0.39, 0.29) is 0 Å². The Kier molecular flexibility index (Phi) is 7.03. The highest BCUT2D eigenvalue weighted by Crippen LogP contribution is 2.27. The molecule has 0 aliphatic carbocycles. The Bertz CT molecular complexity index is 410.